The Balaban J connectivity index is 2.10. The van der Waals surface area contributed by atoms with Crippen LogP contribution >= 0.6 is 15.9 Å². The van der Waals surface area contributed by atoms with Crippen LogP contribution in [0.2, 0.25) is 0 Å². The van der Waals surface area contributed by atoms with Crippen molar-refractivity contribution in [2.45, 2.75) is 6.54 Å². The van der Waals surface area contributed by atoms with Crippen molar-refractivity contribution in [1.82, 2.24) is 5.32 Å². The zero-order chi connectivity index (χ0) is 14.7. The van der Waals surface area contributed by atoms with E-state index in [1.807, 2.05) is 0 Å². The van der Waals surface area contributed by atoms with Gasteiger partial charge in [0.05, 0.1) is 0 Å². The smallest absolute Gasteiger partial charge is 0.251 e. The normalized spacial score (nSPS) is 10.3. The number of carbonyl (C=O) groups is 1. The molecule has 0 saturated carbocycles. The molecule has 0 fully saturated rings. The lowest BCUT2D eigenvalue weighted by atomic mass is 10.1. The van der Waals surface area contributed by atoms with Crippen molar-refractivity contribution in [2.24, 2.45) is 0 Å². The zero-order valence-corrected chi connectivity index (χ0v) is 12.1. The molecule has 0 aromatic heterocycles. The van der Waals surface area contributed by atoms with Gasteiger partial charge in [-0.15, -0.1) is 0 Å². The third-order valence-electron chi connectivity index (χ3n) is 2.69. The number of halogens is 2. The minimum atomic E-state index is -0.356. The number of nitrogens with one attached hydrogen (secondary N) is 1. The maximum Gasteiger partial charge on any atom is 0.251 e. The number of hydrogen-bond donors (Lipinski definition) is 3. The number of nitrogens with two attached hydrogens (primary N) is 2. The third kappa shape index (κ3) is 3.48. The number of carbonyl (C=O) groups excluding carboxylic acids is 1. The van der Waals surface area contributed by atoms with Crippen molar-refractivity contribution < 1.29 is 9.18 Å². The van der Waals surface area contributed by atoms with E-state index >= 15 is 0 Å². The van der Waals surface area contributed by atoms with Crippen molar-refractivity contribution >= 4 is 33.2 Å². The van der Waals surface area contributed by atoms with Gasteiger partial charge in [-0.05, 0) is 42.0 Å². The quantitative estimate of drug-likeness (QED) is 0.753. The van der Waals surface area contributed by atoms with Crippen LogP contribution in [-0.4, -0.2) is 5.91 Å². The Morgan fingerprint density at radius 2 is 1.80 bits per heavy atom. The van der Waals surface area contributed by atoms with Crippen LogP contribution in [0.25, 0.3) is 0 Å². The topological polar surface area (TPSA) is 81.1 Å². The molecule has 2 aromatic carbocycles. The van der Waals surface area contributed by atoms with Crippen LogP contribution in [0.5, 0.6) is 0 Å². The highest BCUT2D eigenvalue weighted by Crippen LogP contribution is 2.18. The van der Waals surface area contributed by atoms with Crippen LogP contribution < -0.4 is 16.8 Å². The zero-order valence-electron chi connectivity index (χ0n) is 10.5. The highest BCUT2D eigenvalue weighted by molar-refractivity contribution is 9.10. The van der Waals surface area contributed by atoms with E-state index in [4.69, 9.17) is 11.5 Å². The lowest BCUT2D eigenvalue weighted by Crippen LogP contribution is -2.23. The minimum Gasteiger partial charge on any atom is -0.399 e. The molecule has 0 unspecified atom stereocenters. The predicted molar refractivity (Wildman–Crippen MR) is 80.5 cm³/mol. The van der Waals surface area contributed by atoms with Gasteiger partial charge in [-0.25, -0.2) is 4.39 Å². The third-order valence-corrected chi connectivity index (χ3v) is 3.46. The summed E-state index contributed by atoms with van der Waals surface area (Å²) in [5.41, 5.74) is 13.1. The van der Waals surface area contributed by atoms with Gasteiger partial charge in [-0.1, -0.05) is 15.9 Å². The molecule has 0 aliphatic heterocycles. The monoisotopic (exact) mass is 337 g/mol. The standard InChI is InChI=1S/C14H13BrFN3O/c15-13-2-1-10(16)3-9(13)7-19-14(20)8-4-11(17)6-12(18)5-8/h1-6H,7,17-18H2,(H,19,20). The van der Waals surface area contributed by atoms with Gasteiger partial charge in [0.25, 0.3) is 5.91 Å². The maximum atomic E-state index is 13.1. The van der Waals surface area contributed by atoms with Gasteiger partial charge in [-0.2, -0.15) is 0 Å². The highest BCUT2D eigenvalue weighted by atomic mass is 79.9. The van der Waals surface area contributed by atoms with Gasteiger partial charge < -0.3 is 16.8 Å². The van der Waals surface area contributed by atoms with E-state index in [-0.39, 0.29) is 18.3 Å². The second-order valence-corrected chi connectivity index (χ2v) is 5.16. The first-order chi connectivity index (χ1) is 9.45. The molecule has 2 aromatic rings. The Bertz CT molecular complexity index is 641. The van der Waals surface area contributed by atoms with Gasteiger partial charge in [-0.3, -0.25) is 4.79 Å². The average molecular weight is 338 g/mol. The van der Waals surface area contributed by atoms with E-state index in [9.17, 15) is 9.18 Å². The summed E-state index contributed by atoms with van der Waals surface area (Å²) in [5.74, 6) is -0.675. The molecule has 104 valence electrons. The number of nitrogen functional groups attached to an aromatic ring is 2. The van der Waals surface area contributed by atoms with Gasteiger partial charge in [0.1, 0.15) is 5.82 Å². The molecule has 0 saturated heterocycles. The fourth-order valence-electron chi connectivity index (χ4n) is 1.76. The van der Waals surface area contributed by atoms with E-state index in [1.165, 1.54) is 24.3 Å². The van der Waals surface area contributed by atoms with Crippen molar-refractivity contribution in [3.63, 3.8) is 0 Å². The van der Waals surface area contributed by atoms with Crippen LogP contribution in [0.1, 0.15) is 15.9 Å². The molecule has 4 nitrogen and oxygen atoms in total. The Labute approximate surface area is 124 Å². The molecule has 0 aliphatic rings. The molecule has 5 N–H and O–H groups in total. The summed E-state index contributed by atoms with van der Waals surface area (Å²) in [4.78, 5) is 12.0. The molecule has 0 radical (unpaired) electrons. The molecule has 0 spiro atoms. The Hall–Kier alpha value is -2.08. The first-order valence-electron chi connectivity index (χ1n) is 5.84. The van der Waals surface area contributed by atoms with Crippen LogP contribution in [0.4, 0.5) is 15.8 Å². The van der Waals surface area contributed by atoms with Crippen LogP contribution in [0, 0.1) is 5.82 Å². The first-order valence-corrected chi connectivity index (χ1v) is 6.63. The van der Waals surface area contributed by atoms with E-state index in [1.54, 1.807) is 12.1 Å². The summed E-state index contributed by atoms with van der Waals surface area (Å²) >= 11 is 3.30. The predicted octanol–water partition coefficient (Wildman–Crippen LogP) is 2.68. The molecule has 0 bridgehead atoms. The number of rotatable bonds is 3. The van der Waals surface area contributed by atoms with Gasteiger partial charge in [0.2, 0.25) is 0 Å². The number of anilines is 2. The summed E-state index contributed by atoms with van der Waals surface area (Å²) in [7, 11) is 0. The molecular formula is C14H13BrFN3O. The van der Waals surface area contributed by atoms with Gasteiger partial charge >= 0.3 is 0 Å². The molecule has 20 heavy (non-hydrogen) atoms. The Morgan fingerprint density at radius 3 is 2.45 bits per heavy atom. The highest BCUT2D eigenvalue weighted by Gasteiger charge is 2.08. The average Bonchev–Trinajstić information content (AvgIpc) is 2.38. The summed E-state index contributed by atoms with van der Waals surface area (Å²) in [6.45, 7) is 0.200. The fraction of sp³-hybridized carbons (Fsp3) is 0.0714. The Kier molecular flexibility index (Phi) is 4.24. The van der Waals surface area contributed by atoms with E-state index in [0.717, 1.165) is 4.47 Å². The summed E-state index contributed by atoms with van der Waals surface area (Å²) in [5, 5.41) is 2.69. The van der Waals surface area contributed by atoms with E-state index < -0.39 is 0 Å². The second kappa shape index (κ2) is 5.92. The number of hydrogen-bond acceptors (Lipinski definition) is 3. The largest absolute Gasteiger partial charge is 0.399 e. The molecule has 1 amide bonds. The lowest BCUT2D eigenvalue weighted by Gasteiger charge is -2.08. The van der Waals surface area contributed by atoms with Crippen LogP contribution in [0.15, 0.2) is 40.9 Å². The summed E-state index contributed by atoms with van der Waals surface area (Å²) in [6.07, 6.45) is 0. The fourth-order valence-corrected chi connectivity index (χ4v) is 2.15. The SMILES string of the molecule is Nc1cc(N)cc(C(=O)NCc2cc(F)ccc2Br)c1. The second-order valence-electron chi connectivity index (χ2n) is 4.31. The number of benzene rings is 2. The summed E-state index contributed by atoms with van der Waals surface area (Å²) in [6, 6.07) is 8.93. The molecule has 2 rings (SSSR count). The molecule has 6 heteroatoms. The first kappa shape index (κ1) is 14.3. The Morgan fingerprint density at radius 1 is 1.15 bits per heavy atom. The maximum absolute atomic E-state index is 13.1. The minimum absolute atomic E-state index is 0.200. The molecule has 0 aliphatic carbocycles. The van der Waals surface area contributed by atoms with Gasteiger partial charge in [0, 0.05) is 28.0 Å². The van der Waals surface area contributed by atoms with Crippen molar-refractivity contribution in [2.75, 3.05) is 11.5 Å². The van der Waals surface area contributed by atoms with Crippen molar-refractivity contribution in [3.05, 3.63) is 57.8 Å². The van der Waals surface area contributed by atoms with E-state index in [2.05, 4.69) is 21.2 Å². The van der Waals surface area contributed by atoms with Crippen molar-refractivity contribution in [3.8, 4) is 0 Å². The van der Waals surface area contributed by atoms with Crippen LogP contribution in [-0.2, 0) is 6.54 Å². The van der Waals surface area contributed by atoms with Crippen molar-refractivity contribution in [1.29, 1.82) is 0 Å². The number of amides is 1. The molecular weight excluding hydrogens is 325 g/mol. The van der Waals surface area contributed by atoms with E-state index in [0.29, 0.717) is 22.5 Å². The summed E-state index contributed by atoms with van der Waals surface area (Å²) < 4.78 is 13.9. The molecule has 0 atom stereocenters. The van der Waals surface area contributed by atoms with Gasteiger partial charge in [0.15, 0.2) is 0 Å². The molecule has 0 heterocycles. The van der Waals surface area contributed by atoms with Crippen LogP contribution in [0.3, 0.4) is 0 Å². The lowest BCUT2D eigenvalue weighted by molar-refractivity contribution is 0.0951.